The van der Waals surface area contributed by atoms with Gasteiger partial charge in [-0.1, -0.05) is 24.8 Å². The van der Waals surface area contributed by atoms with Gasteiger partial charge in [-0.05, 0) is 17.7 Å². The molecule has 4 heteroatoms. The Morgan fingerprint density at radius 1 is 1.58 bits per heavy atom. The van der Waals surface area contributed by atoms with Crippen molar-refractivity contribution >= 4 is 34.3 Å². The van der Waals surface area contributed by atoms with Gasteiger partial charge in [0.05, 0.1) is 5.69 Å². The van der Waals surface area contributed by atoms with Crippen molar-refractivity contribution in [2.24, 2.45) is 0 Å². The van der Waals surface area contributed by atoms with E-state index in [-0.39, 0.29) is 5.28 Å². The van der Waals surface area contributed by atoms with Crippen LogP contribution >= 0.6 is 23.2 Å². The molecule has 0 fully saturated rings. The summed E-state index contributed by atoms with van der Waals surface area (Å²) < 4.78 is 0. The van der Waals surface area contributed by atoms with Crippen LogP contribution in [-0.2, 0) is 0 Å². The summed E-state index contributed by atoms with van der Waals surface area (Å²) in [5.41, 5.74) is 1.24. The van der Waals surface area contributed by atoms with E-state index in [2.05, 4.69) is 23.1 Å². The molecule has 0 aliphatic carbocycles. The maximum atomic E-state index is 5.67. The van der Waals surface area contributed by atoms with E-state index in [4.69, 9.17) is 23.2 Å². The van der Waals surface area contributed by atoms with Crippen LogP contribution in [0.15, 0.2) is 19.4 Å². The van der Waals surface area contributed by atoms with Gasteiger partial charge in [0.2, 0.25) is 5.28 Å². The third-order valence-electron chi connectivity index (χ3n) is 1.27. The lowest BCUT2D eigenvalue weighted by molar-refractivity contribution is 1.14. The van der Waals surface area contributed by atoms with Gasteiger partial charge in [0.15, 0.2) is 0 Å². The van der Waals surface area contributed by atoms with Crippen molar-refractivity contribution in [1.82, 2.24) is 9.97 Å². The fraction of sp³-hybridized carbons (Fsp3) is 0. The van der Waals surface area contributed by atoms with Crippen molar-refractivity contribution in [1.29, 1.82) is 0 Å². The minimum atomic E-state index is 0.173. The maximum Gasteiger partial charge on any atom is 0.222 e. The highest BCUT2D eigenvalue weighted by Gasteiger charge is 2.04. The first kappa shape index (κ1) is 9.23. The maximum absolute atomic E-state index is 5.67. The third kappa shape index (κ3) is 1.84. The van der Waals surface area contributed by atoms with Crippen LogP contribution in [0.25, 0.3) is 11.1 Å². The molecular formula is C8H6Cl2N2. The van der Waals surface area contributed by atoms with Crippen molar-refractivity contribution in [3.63, 3.8) is 0 Å². The van der Waals surface area contributed by atoms with Gasteiger partial charge in [0.1, 0.15) is 0 Å². The van der Waals surface area contributed by atoms with Crippen molar-refractivity contribution in [3.05, 3.63) is 35.9 Å². The van der Waals surface area contributed by atoms with Crippen LogP contribution in [0, 0.1) is 0 Å². The zero-order chi connectivity index (χ0) is 9.14. The van der Waals surface area contributed by atoms with E-state index in [1.165, 1.54) is 6.20 Å². The van der Waals surface area contributed by atoms with Crippen molar-refractivity contribution in [2.45, 2.75) is 0 Å². The second-order valence-electron chi connectivity index (χ2n) is 2.05. The number of halogens is 2. The smallest absolute Gasteiger partial charge is 0.222 e. The van der Waals surface area contributed by atoms with Gasteiger partial charge in [-0.15, -0.1) is 0 Å². The predicted molar refractivity (Wildman–Crippen MR) is 52.0 cm³/mol. The first-order valence-corrected chi connectivity index (χ1v) is 3.90. The lowest BCUT2D eigenvalue weighted by Crippen LogP contribution is -1.91. The Labute approximate surface area is 80.6 Å². The molecule has 0 amide bonds. The molecule has 1 rings (SSSR count). The molecule has 0 bridgehead atoms. The number of rotatable bonds is 2. The van der Waals surface area contributed by atoms with Gasteiger partial charge in [-0.3, -0.25) is 0 Å². The highest BCUT2D eigenvalue weighted by Crippen LogP contribution is 2.20. The van der Waals surface area contributed by atoms with E-state index in [1.54, 1.807) is 6.08 Å². The summed E-state index contributed by atoms with van der Waals surface area (Å²) in [6.45, 7) is 7.12. The topological polar surface area (TPSA) is 25.8 Å². The largest absolute Gasteiger partial charge is 0.226 e. The molecule has 0 unspecified atom stereocenters. The lowest BCUT2D eigenvalue weighted by atomic mass is 10.2. The molecule has 0 saturated heterocycles. The Balaban J connectivity index is 3.29. The van der Waals surface area contributed by atoms with E-state index in [1.807, 2.05) is 0 Å². The molecule has 0 aliphatic rings. The third-order valence-corrected chi connectivity index (χ3v) is 1.66. The standard InChI is InChI=1S/C8H6Cl2N2/c1-3-7-6(5(2)9)4-11-8(10)12-7/h3-4H,1-2H2. The second-order valence-corrected chi connectivity index (χ2v) is 2.84. The van der Waals surface area contributed by atoms with Gasteiger partial charge < -0.3 is 0 Å². The van der Waals surface area contributed by atoms with Crippen LogP contribution in [0.5, 0.6) is 0 Å². The highest BCUT2D eigenvalue weighted by atomic mass is 35.5. The molecule has 0 saturated carbocycles. The molecule has 1 heterocycles. The second kappa shape index (κ2) is 3.70. The molecule has 1 aromatic heterocycles. The Bertz CT molecular complexity index is 334. The summed E-state index contributed by atoms with van der Waals surface area (Å²) in [5, 5.41) is 0.549. The SMILES string of the molecule is C=Cc1nc(Cl)ncc1C(=C)Cl. The number of hydrogen-bond donors (Lipinski definition) is 0. The van der Waals surface area contributed by atoms with Crippen LogP contribution < -0.4 is 0 Å². The first-order chi connectivity index (χ1) is 5.65. The molecule has 1 aromatic rings. The zero-order valence-electron chi connectivity index (χ0n) is 6.22. The lowest BCUT2D eigenvalue weighted by Gasteiger charge is -2.01. The van der Waals surface area contributed by atoms with Gasteiger partial charge in [-0.2, -0.15) is 0 Å². The summed E-state index contributed by atoms with van der Waals surface area (Å²) in [6, 6.07) is 0. The van der Waals surface area contributed by atoms with E-state index in [0.29, 0.717) is 16.3 Å². The van der Waals surface area contributed by atoms with Crippen LogP contribution in [-0.4, -0.2) is 9.97 Å². The molecule has 62 valence electrons. The predicted octanol–water partition coefficient (Wildman–Crippen LogP) is 2.98. The Morgan fingerprint density at radius 2 is 2.25 bits per heavy atom. The molecule has 12 heavy (non-hydrogen) atoms. The number of aromatic nitrogens is 2. The van der Waals surface area contributed by atoms with Gasteiger partial charge in [0.25, 0.3) is 0 Å². The van der Waals surface area contributed by atoms with Gasteiger partial charge in [0, 0.05) is 16.8 Å². The van der Waals surface area contributed by atoms with Crippen LogP contribution in [0.4, 0.5) is 0 Å². The quantitative estimate of drug-likeness (QED) is 0.687. The van der Waals surface area contributed by atoms with Crippen molar-refractivity contribution in [2.75, 3.05) is 0 Å². The van der Waals surface area contributed by atoms with Crippen LogP contribution in [0.1, 0.15) is 11.3 Å². The summed E-state index contributed by atoms with van der Waals surface area (Å²) in [7, 11) is 0. The normalized spacial score (nSPS) is 9.50. The molecule has 0 N–H and O–H groups in total. The van der Waals surface area contributed by atoms with Crippen LogP contribution in [0.3, 0.4) is 0 Å². The minimum absolute atomic E-state index is 0.173. The first-order valence-electron chi connectivity index (χ1n) is 3.15. The molecular weight excluding hydrogens is 195 g/mol. The Hall–Kier alpha value is -0.860. The molecule has 0 spiro atoms. The summed E-state index contributed by atoms with van der Waals surface area (Å²) in [6.07, 6.45) is 3.07. The Morgan fingerprint density at radius 3 is 2.75 bits per heavy atom. The molecule has 0 radical (unpaired) electrons. The average molecular weight is 201 g/mol. The number of nitrogens with zero attached hydrogens (tertiary/aromatic N) is 2. The van der Waals surface area contributed by atoms with Gasteiger partial charge in [-0.25, -0.2) is 9.97 Å². The molecule has 0 aliphatic heterocycles. The fourth-order valence-corrected chi connectivity index (χ4v) is 1.02. The highest BCUT2D eigenvalue weighted by molar-refractivity contribution is 6.48. The van der Waals surface area contributed by atoms with Crippen LogP contribution in [0.2, 0.25) is 5.28 Å². The number of hydrogen-bond acceptors (Lipinski definition) is 2. The molecule has 0 atom stereocenters. The zero-order valence-corrected chi connectivity index (χ0v) is 7.73. The molecule has 2 nitrogen and oxygen atoms in total. The van der Waals surface area contributed by atoms with E-state index in [9.17, 15) is 0 Å². The van der Waals surface area contributed by atoms with Crippen molar-refractivity contribution < 1.29 is 0 Å². The molecule has 0 aromatic carbocycles. The summed E-state index contributed by atoms with van der Waals surface area (Å²) in [5.74, 6) is 0. The monoisotopic (exact) mass is 200 g/mol. The van der Waals surface area contributed by atoms with Crippen molar-refractivity contribution in [3.8, 4) is 0 Å². The summed E-state index contributed by atoms with van der Waals surface area (Å²) >= 11 is 11.2. The fourth-order valence-electron chi connectivity index (χ4n) is 0.737. The average Bonchev–Trinajstić information content (AvgIpc) is 2.03. The van der Waals surface area contributed by atoms with Gasteiger partial charge >= 0.3 is 0 Å². The van der Waals surface area contributed by atoms with E-state index >= 15 is 0 Å². The minimum Gasteiger partial charge on any atom is -0.226 e. The summed E-state index contributed by atoms with van der Waals surface area (Å²) in [4.78, 5) is 7.67. The van der Waals surface area contributed by atoms with E-state index in [0.717, 1.165) is 0 Å². The van der Waals surface area contributed by atoms with E-state index < -0.39 is 0 Å². The Kier molecular flexibility index (Phi) is 2.84.